The number of ether oxygens (including phenoxy) is 1. The van der Waals surface area contributed by atoms with Gasteiger partial charge in [0.25, 0.3) is 10.0 Å². The highest BCUT2D eigenvalue weighted by molar-refractivity contribution is 9.10. The van der Waals surface area contributed by atoms with Crippen molar-refractivity contribution < 1.29 is 17.9 Å². The lowest BCUT2D eigenvalue weighted by atomic mass is 10.3. The summed E-state index contributed by atoms with van der Waals surface area (Å²) in [5.41, 5.74) is 0.900. The molecule has 0 aliphatic rings. The summed E-state index contributed by atoms with van der Waals surface area (Å²) in [6, 6.07) is 12.6. The second kappa shape index (κ2) is 7.47. The molecule has 2 N–H and O–H groups in total. The van der Waals surface area contributed by atoms with Crippen molar-refractivity contribution in [3.05, 3.63) is 53.0 Å². The highest BCUT2D eigenvalue weighted by Crippen LogP contribution is 2.20. The maximum Gasteiger partial charge on any atom is 0.411 e. The normalized spacial score (nSPS) is 10.9. The maximum atomic E-state index is 12.2. The van der Waals surface area contributed by atoms with Crippen LogP contribution in [0.25, 0.3) is 0 Å². The predicted molar refractivity (Wildman–Crippen MR) is 92.0 cm³/mol. The number of rotatable bonds is 5. The number of amides is 1. The van der Waals surface area contributed by atoms with Crippen molar-refractivity contribution in [2.45, 2.75) is 11.8 Å². The molecule has 0 saturated heterocycles. The Bertz CT molecular complexity index is 774. The molecule has 0 aliphatic heterocycles. The van der Waals surface area contributed by atoms with Gasteiger partial charge in [-0.2, -0.15) is 0 Å². The average Bonchev–Trinajstić information content (AvgIpc) is 2.50. The summed E-state index contributed by atoms with van der Waals surface area (Å²) in [5.74, 6) is 0. The quantitative estimate of drug-likeness (QED) is 0.801. The number of carbonyl (C=O) groups excluding carboxylic acids is 1. The Morgan fingerprint density at radius 3 is 2.17 bits per heavy atom. The van der Waals surface area contributed by atoms with E-state index in [9.17, 15) is 13.2 Å². The molecule has 0 fully saturated rings. The maximum absolute atomic E-state index is 12.2. The van der Waals surface area contributed by atoms with E-state index in [1.165, 1.54) is 12.1 Å². The average molecular weight is 399 g/mol. The molecule has 0 spiro atoms. The van der Waals surface area contributed by atoms with E-state index >= 15 is 0 Å². The molecule has 0 atom stereocenters. The van der Waals surface area contributed by atoms with Gasteiger partial charge in [-0.05, 0) is 55.5 Å². The van der Waals surface area contributed by atoms with Gasteiger partial charge in [0, 0.05) is 15.8 Å². The Labute approximate surface area is 143 Å². The van der Waals surface area contributed by atoms with Crippen LogP contribution in [0.1, 0.15) is 6.92 Å². The molecule has 23 heavy (non-hydrogen) atoms. The third-order valence-corrected chi connectivity index (χ3v) is 4.71. The number of hydrogen-bond acceptors (Lipinski definition) is 4. The fourth-order valence-corrected chi connectivity index (χ4v) is 3.06. The van der Waals surface area contributed by atoms with Gasteiger partial charge in [-0.25, -0.2) is 13.2 Å². The molecule has 8 heteroatoms. The van der Waals surface area contributed by atoms with E-state index in [4.69, 9.17) is 4.74 Å². The van der Waals surface area contributed by atoms with Crippen molar-refractivity contribution in [3.63, 3.8) is 0 Å². The number of benzene rings is 2. The van der Waals surface area contributed by atoms with Crippen molar-refractivity contribution in [2.24, 2.45) is 0 Å². The van der Waals surface area contributed by atoms with Crippen LogP contribution in [-0.2, 0) is 14.8 Å². The third kappa shape index (κ3) is 4.97. The van der Waals surface area contributed by atoms with Gasteiger partial charge in [0.2, 0.25) is 0 Å². The van der Waals surface area contributed by atoms with Gasteiger partial charge in [0.15, 0.2) is 0 Å². The molecule has 0 radical (unpaired) electrons. The minimum atomic E-state index is -3.66. The lowest BCUT2D eigenvalue weighted by molar-refractivity contribution is 0.168. The molecule has 0 bridgehead atoms. The summed E-state index contributed by atoms with van der Waals surface area (Å²) >= 11 is 3.26. The highest BCUT2D eigenvalue weighted by atomic mass is 79.9. The molecule has 0 heterocycles. The van der Waals surface area contributed by atoms with E-state index < -0.39 is 16.1 Å². The zero-order chi connectivity index (χ0) is 16.9. The molecule has 2 aromatic carbocycles. The fraction of sp³-hybridized carbons (Fsp3) is 0.133. The van der Waals surface area contributed by atoms with E-state index in [2.05, 4.69) is 26.0 Å². The number of nitrogens with one attached hydrogen (secondary N) is 2. The van der Waals surface area contributed by atoms with Gasteiger partial charge in [-0.15, -0.1) is 0 Å². The number of hydrogen-bond donors (Lipinski definition) is 2. The van der Waals surface area contributed by atoms with Crippen LogP contribution in [0, 0.1) is 0 Å². The highest BCUT2D eigenvalue weighted by Gasteiger charge is 2.13. The van der Waals surface area contributed by atoms with Crippen LogP contribution in [0.2, 0.25) is 0 Å². The first-order chi connectivity index (χ1) is 10.9. The Morgan fingerprint density at radius 2 is 1.61 bits per heavy atom. The molecule has 0 aromatic heterocycles. The van der Waals surface area contributed by atoms with Gasteiger partial charge in [0.05, 0.1) is 11.5 Å². The topological polar surface area (TPSA) is 84.5 Å². The molecule has 0 unspecified atom stereocenters. The summed E-state index contributed by atoms with van der Waals surface area (Å²) in [6.07, 6.45) is -0.560. The number of anilines is 2. The SMILES string of the molecule is CCOC(=O)Nc1ccc(NS(=O)(=O)c2ccc(Br)cc2)cc1. The first-order valence-corrected chi connectivity index (χ1v) is 9.00. The van der Waals surface area contributed by atoms with E-state index in [1.54, 1.807) is 43.3 Å². The second-order valence-electron chi connectivity index (χ2n) is 4.48. The zero-order valence-electron chi connectivity index (χ0n) is 12.2. The number of carbonyl (C=O) groups is 1. The fourth-order valence-electron chi connectivity index (χ4n) is 1.73. The van der Waals surface area contributed by atoms with Crippen LogP contribution in [0.5, 0.6) is 0 Å². The van der Waals surface area contributed by atoms with Crippen LogP contribution >= 0.6 is 15.9 Å². The Hall–Kier alpha value is -2.06. The monoisotopic (exact) mass is 398 g/mol. The van der Waals surface area contributed by atoms with E-state index in [1.807, 2.05) is 0 Å². The summed E-state index contributed by atoms with van der Waals surface area (Å²) in [5, 5.41) is 2.53. The molecule has 2 rings (SSSR count). The molecule has 122 valence electrons. The summed E-state index contributed by atoms with van der Waals surface area (Å²) in [6.45, 7) is 1.98. The minimum Gasteiger partial charge on any atom is -0.450 e. The Morgan fingerprint density at radius 1 is 1.04 bits per heavy atom. The van der Waals surface area contributed by atoms with Crippen LogP contribution in [0.15, 0.2) is 57.9 Å². The van der Waals surface area contributed by atoms with Crippen molar-refractivity contribution in [1.29, 1.82) is 0 Å². The van der Waals surface area contributed by atoms with Crippen molar-refractivity contribution in [1.82, 2.24) is 0 Å². The summed E-state index contributed by atoms with van der Waals surface area (Å²) in [7, 11) is -3.66. The zero-order valence-corrected chi connectivity index (χ0v) is 14.6. The lowest BCUT2D eigenvalue weighted by Gasteiger charge is -2.09. The van der Waals surface area contributed by atoms with Crippen molar-refractivity contribution in [2.75, 3.05) is 16.6 Å². The van der Waals surface area contributed by atoms with E-state index in [0.29, 0.717) is 11.4 Å². The van der Waals surface area contributed by atoms with Gasteiger partial charge < -0.3 is 4.74 Å². The van der Waals surface area contributed by atoms with E-state index in [0.717, 1.165) is 4.47 Å². The number of halogens is 1. The Kier molecular flexibility index (Phi) is 5.62. The van der Waals surface area contributed by atoms with Gasteiger partial charge in [-0.3, -0.25) is 10.0 Å². The minimum absolute atomic E-state index is 0.162. The first-order valence-electron chi connectivity index (χ1n) is 6.73. The van der Waals surface area contributed by atoms with E-state index in [-0.39, 0.29) is 11.5 Å². The van der Waals surface area contributed by atoms with Crippen LogP contribution in [0.4, 0.5) is 16.2 Å². The Balaban J connectivity index is 2.08. The van der Waals surface area contributed by atoms with Gasteiger partial charge >= 0.3 is 6.09 Å². The molecule has 0 aliphatic carbocycles. The predicted octanol–water partition coefficient (Wildman–Crippen LogP) is 3.82. The largest absolute Gasteiger partial charge is 0.450 e. The molecule has 2 aromatic rings. The third-order valence-electron chi connectivity index (χ3n) is 2.78. The molecular weight excluding hydrogens is 384 g/mol. The number of sulfonamides is 1. The van der Waals surface area contributed by atoms with Gasteiger partial charge in [0.1, 0.15) is 0 Å². The lowest BCUT2D eigenvalue weighted by Crippen LogP contribution is -2.14. The van der Waals surface area contributed by atoms with Crippen LogP contribution < -0.4 is 10.0 Å². The molecular formula is C15H15BrN2O4S. The standard InChI is InChI=1S/C15H15BrN2O4S/c1-2-22-15(19)17-12-5-7-13(8-6-12)18-23(20,21)14-9-3-11(16)4-10-14/h3-10,18H,2H2,1H3,(H,17,19). The van der Waals surface area contributed by atoms with Crippen molar-refractivity contribution >= 4 is 43.4 Å². The first kappa shape index (κ1) is 17.3. The van der Waals surface area contributed by atoms with Crippen LogP contribution in [0.3, 0.4) is 0 Å². The molecule has 6 nitrogen and oxygen atoms in total. The summed E-state index contributed by atoms with van der Waals surface area (Å²) < 4.78 is 32.5. The summed E-state index contributed by atoms with van der Waals surface area (Å²) in [4.78, 5) is 11.5. The van der Waals surface area contributed by atoms with Crippen LogP contribution in [-0.4, -0.2) is 21.1 Å². The smallest absolute Gasteiger partial charge is 0.411 e. The molecule has 1 amide bonds. The van der Waals surface area contributed by atoms with Crippen molar-refractivity contribution in [3.8, 4) is 0 Å². The molecule has 0 saturated carbocycles. The second-order valence-corrected chi connectivity index (χ2v) is 7.08. The van der Waals surface area contributed by atoms with Gasteiger partial charge in [-0.1, -0.05) is 15.9 Å².